The molecule has 0 amide bonds. The van der Waals surface area contributed by atoms with Gasteiger partial charge in [-0.05, 0) is 36.2 Å². The molecule has 0 unspecified atom stereocenters. The average molecular weight is 277 g/mol. The maximum absolute atomic E-state index is 8.86. The largest absolute Gasteiger partial charge is 0.256 e. The van der Waals surface area contributed by atoms with Crippen LogP contribution < -0.4 is 0 Å². The minimum atomic E-state index is 0.309. The van der Waals surface area contributed by atoms with E-state index in [1.165, 1.54) is 0 Å². The Hall–Kier alpha value is -1.56. The van der Waals surface area contributed by atoms with Crippen LogP contribution in [-0.4, -0.2) is 4.98 Å². The van der Waals surface area contributed by atoms with Gasteiger partial charge in [0, 0.05) is 16.8 Å². The Labute approximate surface area is 116 Å². The predicted octanol–water partition coefficient (Wildman–Crippen LogP) is 4.43. The van der Waals surface area contributed by atoms with E-state index in [-0.39, 0.29) is 0 Å². The lowest BCUT2D eigenvalue weighted by Gasteiger charge is -2.09. The van der Waals surface area contributed by atoms with Crippen LogP contribution in [0.25, 0.3) is 11.3 Å². The summed E-state index contributed by atoms with van der Waals surface area (Å²) in [5.41, 5.74) is 3.44. The standard InChI is InChI=1S/C14H10Cl2N2/c1-9-6-10(4-5-17)14(18-8-9)12-3-2-11(15)7-13(12)16/h2-3,6-8H,4H2,1H3. The molecule has 1 aromatic heterocycles. The lowest BCUT2D eigenvalue weighted by molar-refractivity contribution is 1.17. The van der Waals surface area contributed by atoms with E-state index in [4.69, 9.17) is 28.5 Å². The van der Waals surface area contributed by atoms with Crippen molar-refractivity contribution in [2.75, 3.05) is 0 Å². The molecule has 0 spiro atoms. The van der Waals surface area contributed by atoms with Crippen molar-refractivity contribution in [2.45, 2.75) is 13.3 Å². The predicted molar refractivity (Wildman–Crippen MR) is 73.7 cm³/mol. The van der Waals surface area contributed by atoms with E-state index >= 15 is 0 Å². The summed E-state index contributed by atoms with van der Waals surface area (Å²) in [6.07, 6.45) is 2.07. The molecule has 18 heavy (non-hydrogen) atoms. The first kappa shape index (κ1) is 12.9. The van der Waals surface area contributed by atoms with Gasteiger partial charge in [0.1, 0.15) is 0 Å². The Kier molecular flexibility index (Phi) is 3.86. The van der Waals surface area contributed by atoms with E-state index in [1.807, 2.05) is 19.1 Å². The summed E-state index contributed by atoms with van der Waals surface area (Å²) >= 11 is 12.0. The molecule has 0 aliphatic rings. The Morgan fingerprint density at radius 1 is 1.28 bits per heavy atom. The van der Waals surface area contributed by atoms with Gasteiger partial charge < -0.3 is 0 Å². The Balaban J connectivity index is 2.60. The zero-order valence-electron chi connectivity index (χ0n) is 9.74. The van der Waals surface area contributed by atoms with Gasteiger partial charge in [-0.2, -0.15) is 5.26 Å². The smallest absolute Gasteiger partial charge is 0.0759 e. The number of hydrogen-bond acceptors (Lipinski definition) is 2. The third kappa shape index (κ3) is 2.64. The van der Waals surface area contributed by atoms with Crippen molar-refractivity contribution in [3.8, 4) is 17.3 Å². The number of benzene rings is 1. The first-order valence-corrected chi connectivity index (χ1v) is 6.15. The fourth-order valence-electron chi connectivity index (χ4n) is 1.77. The average Bonchev–Trinajstić information content (AvgIpc) is 2.31. The molecule has 2 rings (SSSR count). The summed E-state index contributed by atoms with van der Waals surface area (Å²) in [6.45, 7) is 1.95. The number of rotatable bonds is 2. The van der Waals surface area contributed by atoms with E-state index in [9.17, 15) is 0 Å². The molecule has 0 saturated heterocycles. The molecule has 4 heteroatoms. The van der Waals surface area contributed by atoms with E-state index in [1.54, 1.807) is 18.3 Å². The number of nitriles is 1. The van der Waals surface area contributed by atoms with Crippen molar-refractivity contribution in [3.05, 3.63) is 51.6 Å². The lowest BCUT2D eigenvalue weighted by atomic mass is 10.0. The van der Waals surface area contributed by atoms with Crippen LogP contribution in [0.5, 0.6) is 0 Å². The Bertz CT molecular complexity index is 630. The fourth-order valence-corrected chi connectivity index (χ4v) is 2.27. The summed E-state index contributed by atoms with van der Waals surface area (Å²) in [5, 5.41) is 9.98. The molecule has 1 heterocycles. The topological polar surface area (TPSA) is 36.7 Å². The van der Waals surface area contributed by atoms with Crippen LogP contribution in [0.4, 0.5) is 0 Å². The van der Waals surface area contributed by atoms with Crippen molar-refractivity contribution in [1.29, 1.82) is 5.26 Å². The van der Waals surface area contributed by atoms with Gasteiger partial charge in [0.05, 0.1) is 23.2 Å². The monoisotopic (exact) mass is 276 g/mol. The van der Waals surface area contributed by atoms with E-state index in [2.05, 4.69) is 11.1 Å². The van der Waals surface area contributed by atoms with Crippen LogP contribution in [-0.2, 0) is 6.42 Å². The third-order valence-electron chi connectivity index (χ3n) is 2.56. The maximum atomic E-state index is 8.86. The molecule has 1 aromatic carbocycles. The molecule has 0 bridgehead atoms. The van der Waals surface area contributed by atoms with Gasteiger partial charge >= 0.3 is 0 Å². The number of halogens is 2. The van der Waals surface area contributed by atoms with Gasteiger partial charge in [-0.15, -0.1) is 0 Å². The first-order chi connectivity index (χ1) is 8.61. The van der Waals surface area contributed by atoms with Crippen LogP contribution >= 0.6 is 23.2 Å². The molecule has 0 radical (unpaired) electrons. The molecular formula is C14H10Cl2N2. The van der Waals surface area contributed by atoms with Crippen molar-refractivity contribution >= 4 is 23.2 Å². The second-order valence-electron chi connectivity index (χ2n) is 3.98. The molecule has 0 N–H and O–H groups in total. The minimum absolute atomic E-state index is 0.309. The second-order valence-corrected chi connectivity index (χ2v) is 4.82. The Morgan fingerprint density at radius 2 is 2.06 bits per heavy atom. The highest BCUT2D eigenvalue weighted by Crippen LogP contribution is 2.31. The molecule has 90 valence electrons. The number of aryl methyl sites for hydroxylation is 1. The summed E-state index contributed by atoms with van der Waals surface area (Å²) in [7, 11) is 0. The van der Waals surface area contributed by atoms with Crippen LogP contribution in [0.2, 0.25) is 10.0 Å². The summed E-state index contributed by atoms with van der Waals surface area (Å²) < 4.78 is 0. The van der Waals surface area contributed by atoms with Crippen molar-refractivity contribution in [2.24, 2.45) is 0 Å². The SMILES string of the molecule is Cc1cnc(-c2ccc(Cl)cc2Cl)c(CC#N)c1. The van der Waals surface area contributed by atoms with E-state index < -0.39 is 0 Å². The van der Waals surface area contributed by atoms with Crippen molar-refractivity contribution < 1.29 is 0 Å². The van der Waals surface area contributed by atoms with Crippen molar-refractivity contribution in [1.82, 2.24) is 4.98 Å². The first-order valence-electron chi connectivity index (χ1n) is 5.39. The Morgan fingerprint density at radius 3 is 2.72 bits per heavy atom. The highest BCUT2D eigenvalue weighted by molar-refractivity contribution is 6.36. The van der Waals surface area contributed by atoms with Gasteiger partial charge in [-0.3, -0.25) is 4.98 Å². The second kappa shape index (κ2) is 5.39. The molecule has 2 aromatic rings. The van der Waals surface area contributed by atoms with Gasteiger partial charge in [0.25, 0.3) is 0 Å². The molecule has 2 nitrogen and oxygen atoms in total. The zero-order chi connectivity index (χ0) is 13.1. The zero-order valence-corrected chi connectivity index (χ0v) is 11.3. The highest BCUT2D eigenvalue weighted by atomic mass is 35.5. The molecule has 0 aliphatic heterocycles. The number of aromatic nitrogens is 1. The number of pyridine rings is 1. The third-order valence-corrected chi connectivity index (χ3v) is 3.11. The molecule has 0 fully saturated rings. The summed E-state index contributed by atoms with van der Waals surface area (Å²) in [4.78, 5) is 4.38. The van der Waals surface area contributed by atoms with Gasteiger partial charge in [-0.25, -0.2) is 0 Å². The van der Waals surface area contributed by atoms with Crippen LogP contribution in [0.1, 0.15) is 11.1 Å². The minimum Gasteiger partial charge on any atom is -0.256 e. The van der Waals surface area contributed by atoms with Crippen LogP contribution in [0, 0.1) is 18.3 Å². The normalized spacial score (nSPS) is 10.1. The highest BCUT2D eigenvalue weighted by Gasteiger charge is 2.11. The molecule has 0 aliphatic carbocycles. The van der Waals surface area contributed by atoms with E-state index in [0.29, 0.717) is 16.5 Å². The van der Waals surface area contributed by atoms with Gasteiger partial charge in [0.15, 0.2) is 0 Å². The number of hydrogen-bond donors (Lipinski definition) is 0. The fraction of sp³-hybridized carbons (Fsp3) is 0.143. The quantitative estimate of drug-likeness (QED) is 0.814. The lowest BCUT2D eigenvalue weighted by Crippen LogP contribution is -1.94. The molecule has 0 atom stereocenters. The maximum Gasteiger partial charge on any atom is 0.0759 e. The van der Waals surface area contributed by atoms with E-state index in [0.717, 1.165) is 22.4 Å². The molecule has 0 saturated carbocycles. The van der Waals surface area contributed by atoms with Crippen LogP contribution in [0.15, 0.2) is 30.5 Å². The van der Waals surface area contributed by atoms with Crippen molar-refractivity contribution in [3.63, 3.8) is 0 Å². The molecular weight excluding hydrogens is 267 g/mol. The summed E-state index contributed by atoms with van der Waals surface area (Å²) in [5.74, 6) is 0. The summed E-state index contributed by atoms with van der Waals surface area (Å²) in [6, 6.07) is 9.36. The van der Waals surface area contributed by atoms with Gasteiger partial charge in [0.2, 0.25) is 0 Å². The van der Waals surface area contributed by atoms with Crippen LogP contribution in [0.3, 0.4) is 0 Å². The van der Waals surface area contributed by atoms with Gasteiger partial charge in [-0.1, -0.05) is 29.3 Å². The number of nitrogens with zero attached hydrogens (tertiary/aromatic N) is 2.